The highest BCUT2D eigenvalue weighted by Gasteiger charge is 2.29. The van der Waals surface area contributed by atoms with Gasteiger partial charge in [0.15, 0.2) is 0 Å². The van der Waals surface area contributed by atoms with Gasteiger partial charge in [-0.15, -0.1) is 0 Å². The minimum absolute atomic E-state index is 0.164. The van der Waals surface area contributed by atoms with Crippen LogP contribution in [0.5, 0.6) is 0 Å². The zero-order valence-corrected chi connectivity index (χ0v) is 13.7. The van der Waals surface area contributed by atoms with Crippen molar-refractivity contribution < 1.29 is 14.2 Å². The van der Waals surface area contributed by atoms with E-state index < -0.39 is 0 Å². The van der Waals surface area contributed by atoms with Crippen LogP contribution in [0, 0.1) is 0 Å². The SMILES string of the molecule is O=C([C@H]1CCCO1)N1CCCN(Cc2cccc3nonc23)CC1. The van der Waals surface area contributed by atoms with Crippen molar-refractivity contribution in [2.45, 2.75) is 31.9 Å². The summed E-state index contributed by atoms with van der Waals surface area (Å²) in [7, 11) is 0. The molecule has 1 aromatic heterocycles. The Kier molecular flexibility index (Phi) is 4.44. The second kappa shape index (κ2) is 6.86. The lowest BCUT2D eigenvalue weighted by molar-refractivity contribution is -0.140. The molecule has 2 saturated heterocycles. The Morgan fingerprint density at radius 3 is 3.00 bits per heavy atom. The third-order valence-corrected chi connectivity index (χ3v) is 4.87. The molecule has 0 unspecified atom stereocenters. The molecule has 24 heavy (non-hydrogen) atoms. The summed E-state index contributed by atoms with van der Waals surface area (Å²) in [5.74, 6) is 0.164. The van der Waals surface area contributed by atoms with E-state index in [-0.39, 0.29) is 12.0 Å². The molecule has 0 saturated carbocycles. The molecule has 7 nitrogen and oxygen atoms in total. The van der Waals surface area contributed by atoms with Gasteiger partial charge in [-0.05, 0) is 41.2 Å². The number of rotatable bonds is 3. The zero-order valence-electron chi connectivity index (χ0n) is 13.7. The Balaban J connectivity index is 1.39. The fourth-order valence-corrected chi connectivity index (χ4v) is 3.56. The highest BCUT2D eigenvalue weighted by molar-refractivity contribution is 5.81. The number of aromatic nitrogens is 2. The first-order chi connectivity index (χ1) is 11.8. The lowest BCUT2D eigenvalue weighted by Gasteiger charge is -2.24. The number of hydrogen-bond donors (Lipinski definition) is 0. The molecule has 2 aliphatic rings. The average molecular weight is 330 g/mol. The van der Waals surface area contributed by atoms with Gasteiger partial charge in [-0.25, -0.2) is 4.63 Å². The van der Waals surface area contributed by atoms with E-state index in [0.717, 1.165) is 68.6 Å². The van der Waals surface area contributed by atoms with Gasteiger partial charge in [0.25, 0.3) is 5.91 Å². The van der Waals surface area contributed by atoms with Gasteiger partial charge in [0.05, 0.1) is 0 Å². The van der Waals surface area contributed by atoms with E-state index in [4.69, 9.17) is 9.37 Å². The Bertz CT molecular complexity index is 711. The summed E-state index contributed by atoms with van der Waals surface area (Å²) in [6.45, 7) is 4.91. The molecule has 3 heterocycles. The quantitative estimate of drug-likeness (QED) is 0.848. The first-order valence-corrected chi connectivity index (χ1v) is 8.64. The summed E-state index contributed by atoms with van der Waals surface area (Å²) in [6.07, 6.45) is 2.61. The molecule has 0 N–H and O–H groups in total. The summed E-state index contributed by atoms with van der Waals surface area (Å²) in [5.41, 5.74) is 2.74. The van der Waals surface area contributed by atoms with Gasteiger partial charge in [-0.3, -0.25) is 9.69 Å². The van der Waals surface area contributed by atoms with Crippen molar-refractivity contribution in [2.75, 3.05) is 32.8 Å². The van der Waals surface area contributed by atoms with E-state index in [9.17, 15) is 4.79 Å². The minimum Gasteiger partial charge on any atom is -0.368 e. The van der Waals surface area contributed by atoms with Gasteiger partial charge >= 0.3 is 0 Å². The third-order valence-electron chi connectivity index (χ3n) is 4.87. The maximum absolute atomic E-state index is 12.5. The van der Waals surface area contributed by atoms with Gasteiger partial charge in [0, 0.05) is 39.3 Å². The van der Waals surface area contributed by atoms with Gasteiger partial charge in [-0.2, -0.15) is 0 Å². The molecule has 0 bridgehead atoms. The Labute approximate surface area is 140 Å². The van der Waals surface area contributed by atoms with Crippen LogP contribution in [0.3, 0.4) is 0 Å². The summed E-state index contributed by atoms with van der Waals surface area (Å²) in [4.78, 5) is 16.8. The smallest absolute Gasteiger partial charge is 0.251 e. The molecule has 0 radical (unpaired) electrons. The van der Waals surface area contributed by atoms with E-state index in [2.05, 4.69) is 21.3 Å². The first-order valence-electron chi connectivity index (χ1n) is 8.64. The van der Waals surface area contributed by atoms with Crippen LogP contribution in [0.1, 0.15) is 24.8 Å². The third kappa shape index (κ3) is 3.14. The van der Waals surface area contributed by atoms with Crippen molar-refractivity contribution >= 4 is 16.9 Å². The van der Waals surface area contributed by atoms with Crippen molar-refractivity contribution in [3.63, 3.8) is 0 Å². The molecule has 2 fully saturated rings. The molecular formula is C17H22N4O3. The van der Waals surface area contributed by atoms with Crippen LogP contribution in [0.2, 0.25) is 0 Å². The van der Waals surface area contributed by atoms with Crippen LogP contribution in [-0.2, 0) is 16.1 Å². The van der Waals surface area contributed by atoms with Crippen LogP contribution in [-0.4, -0.2) is 64.9 Å². The normalized spacial score (nSPS) is 22.8. The van der Waals surface area contributed by atoms with Crippen LogP contribution in [0.15, 0.2) is 22.8 Å². The van der Waals surface area contributed by atoms with Crippen molar-refractivity contribution in [3.8, 4) is 0 Å². The standard InChI is InChI=1S/C17H22N4O3/c22-17(15-6-2-11-23-15)21-8-3-7-20(9-10-21)12-13-4-1-5-14-16(13)19-24-18-14/h1,4-5,15H,2-3,6-12H2/t15-/m1/s1. The fraction of sp³-hybridized carbons (Fsp3) is 0.588. The molecule has 7 heteroatoms. The summed E-state index contributed by atoms with van der Waals surface area (Å²) < 4.78 is 10.4. The second-order valence-electron chi connectivity index (χ2n) is 6.51. The maximum Gasteiger partial charge on any atom is 0.251 e. The van der Waals surface area contributed by atoms with Crippen molar-refractivity contribution in [3.05, 3.63) is 23.8 Å². The molecular weight excluding hydrogens is 308 g/mol. The van der Waals surface area contributed by atoms with Gasteiger partial charge in [-0.1, -0.05) is 12.1 Å². The lowest BCUT2D eigenvalue weighted by Crippen LogP contribution is -2.41. The number of hydrogen-bond acceptors (Lipinski definition) is 6. The number of ether oxygens (including phenoxy) is 1. The summed E-state index contributed by atoms with van der Waals surface area (Å²) in [6, 6.07) is 5.94. The van der Waals surface area contributed by atoms with Crippen LogP contribution in [0.4, 0.5) is 0 Å². The molecule has 2 aliphatic heterocycles. The molecule has 1 amide bonds. The Hall–Kier alpha value is -1.99. The van der Waals surface area contributed by atoms with Crippen LogP contribution < -0.4 is 0 Å². The molecule has 4 rings (SSSR count). The number of fused-ring (bicyclic) bond motifs is 1. The highest BCUT2D eigenvalue weighted by atomic mass is 16.6. The summed E-state index contributed by atoms with van der Waals surface area (Å²) in [5, 5.41) is 7.91. The lowest BCUT2D eigenvalue weighted by atomic mass is 10.1. The maximum atomic E-state index is 12.5. The zero-order chi connectivity index (χ0) is 16.4. The molecule has 1 atom stereocenters. The second-order valence-corrected chi connectivity index (χ2v) is 6.51. The average Bonchev–Trinajstić information content (AvgIpc) is 3.24. The number of benzene rings is 1. The van der Waals surface area contributed by atoms with E-state index in [0.29, 0.717) is 6.61 Å². The largest absolute Gasteiger partial charge is 0.368 e. The number of carbonyl (C=O) groups is 1. The minimum atomic E-state index is -0.216. The Morgan fingerprint density at radius 1 is 1.17 bits per heavy atom. The van der Waals surface area contributed by atoms with Crippen LogP contribution >= 0.6 is 0 Å². The fourth-order valence-electron chi connectivity index (χ4n) is 3.56. The van der Waals surface area contributed by atoms with Gasteiger partial charge < -0.3 is 9.64 Å². The van der Waals surface area contributed by atoms with Gasteiger partial charge in [0.2, 0.25) is 0 Å². The monoisotopic (exact) mass is 330 g/mol. The van der Waals surface area contributed by atoms with E-state index in [1.54, 1.807) is 0 Å². The highest BCUT2D eigenvalue weighted by Crippen LogP contribution is 2.19. The van der Waals surface area contributed by atoms with Crippen molar-refractivity contribution in [1.29, 1.82) is 0 Å². The molecule has 1 aromatic carbocycles. The number of amides is 1. The predicted octanol–water partition coefficient (Wildman–Crippen LogP) is 1.44. The topological polar surface area (TPSA) is 71.7 Å². The molecule has 0 spiro atoms. The summed E-state index contributed by atoms with van der Waals surface area (Å²) >= 11 is 0. The molecule has 2 aromatic rings. The predicted molar refractivity (Wildman–Crippen MR) is 87.3 cm³/mol. The Morgan fingerprint density at radius 2 is 2.12 bits per heavy atom. The number of nitrogens with zero attached hydrogens (tertiary/aromatic N) is 4. The van der Waals surface area contributed by atoms with Crippen molar-refractivity contribution in [1.82, 2.24) is 20.1 Å². The molecule has 0 aliphatic carbocycles. The van der Waals surface area contributed by atoms with Crippen molar-refractivity contribution in [2.24, 2.45) is 0 Å². The van der Waals surface area contributed by atoms with E-state index >= 15 is 0 Å². The number of carbonyl (C=O) groups excluding carboxylic acids is 1. The van der Waals surface area contributed by atoms with E-state index in [1.807, 2.05) is 17.0 Å². The van der Waals surface area contributed by atoms with Gasteiger partial charge in [0.1, 0.15) is 17.1 Å². The molecule has 128 valence electrons. The van der Waals surface area contributed by atoms with Crippen LogP contribution in [0.25, 0.3) is 11.0 Å². The van der Waals surface area contributed by atoms with E-state index in [1.165, 1.54) is 0 Å². The first kappa shape index (κ1) is 15.5.